The topological polar surface area (TPSA) is 107 Å². The van der Waals surface area contributed by atoms with Crippen LogP contribution in [0, 0.1) is 16.7 Å². The average molecular weight is 574 g/mol. The third-order valence-corrected chi connectivity index (χ3v) is 10.6. The lowest BCUT2D eigenvalue weighted by Gasteiger charge is -2.59. The first-order valence-corrected chi connectivity index (χ1v) is 15.6. The van der Waals surface area contributed by atoms with E-state index in [9.17, 15) is 31.2 Å². The maximum Gasteiger partial charge on any atom is 0.414 e. The van der Waals surface area contributed by atoms with Gasteiger partial charge in [0, 0.05) is 5.41 Å². The number of aliphatic hydroxyl groups is 2. The van der Waals surface area contributed by atoms with E-state index in [4.69, 9.17) is 5.11 Å². The minimum atomic E-state index is -4.55. The zero-order valence-electron chi connectivity index (χ0n) is 22.8. The molecule has 0 spiro atoms. The van der Waals surface area contributed by atoms with Crippen LogP contribution in [0.25, 0.3) is 0 Å². The van der Waals surface area contributed by atoms with Crippen molar-refractivity contribution in [2.24, 2.45) is 16.7 Å². The smallest absolute Gasteiger partial charge is 0.393 e. The third-order valence-electron chi connectivity index (χ3n) is 10.1. The van der Waals surface area contributed by atoms with Crippen molar-refractivity contribution in [3.63, 3.8) is 0 Å². The van der Waals surface area contributed by atoms with Gasteiger partial charge in [0.1, 0.15) is 6.10 Å². The van der Waals surface area contributed by atoms with Crippen LogP contribution in [0.1, 0.15) is 102 Å². The van der Waals surface area contributed by atoms with Crippen LogP contribution in [0.3, 0.4) is 0 Å². The highest BCUT2D eigenvalue weighted by atomic mass is 32.2. The van der Waals surface area contributed by atoms with Gasteiger partial charge in [-0.2, -0.15) is 21.6 Å². The fraction of sp³-hybridized carbons (Fsp3) is 0.724. The molecular weight excluding hydrogens is 531 g/mol. The summed E-state index contributed by atoms with van der Waals surface area (Å²) in [7, 11) is -4.36. The maximum absolute atomic E-state index is 12.5. The Morgan fingerprint density at radius 1 is 1.15 bits per heavy atom. The summed E-state index contributed by atoms with van der Waals surface area (Å²) < 4.78 is 71.5. The molecule has 6 nitrogen and oxygen atoms in total. The van der Waals surface area contributed by atoms with Crippen molar-refractivity contribution in [1.82, 2.24) is 0 Å². The number of halogens is 3. The summed E-state index contributed by atoms with van der Waals surface area (Å²) in [6, 6.07) is 5.51. The van der Waals surface area contributed by atoms with Gasteiger partial charge in [0.15, 0.2) is 0 Å². The molecule has 220 valence electrons. The van der Waals surface area contributed by atoms with Crippen LogP contribution >= 0.6 is 0 Å². The number of hydrogen-bond donors (Lipinski definition) is 4. The highest BCUT2D eigenvalue weighted by Crippen LogP contribution is 2.69. The Bertz CT molecular complexity index is 1170. The number of anilines is 1. The largest absolute Gasteiger partial charge is 0.414 e. The number of hydrogen-bond acceptors (Lipinski definition) is 4. The van der Waals surface area contributed by atoms with Crippen molar-refractivity contribution in [2.75, 3.05) is 4.72 Å². The van der Waals surface area contributed by atoms with E-state index in [0.717, 1.165) is 63.4 Å². The molecule has 2 fully saturated rings. The number of rotatable bonds is 10. The quantitative estimate of drug-likeness (QED) is 0.142. The molecule has 0 radical (unpaired) electrons. The number of alkyl halides is 3. The second kappa shape index (κ2) is 11.3. The van der Waals surface area contributed by atoms with E-state index in [-0.39, 0.29) is 29.3 Å². The van der Waals surface area contributed by atoms with Gasteiger partial charge in [0.2, 0.25) is 0 Å². The molecule has 6 atom stereocenters. The van der Waals surface area contributed by atoms with E-state index in [1.165, 1.54) is 11.1 Å². The van der Waals surface area contributed by atoms with Crippen LogP contribution in [0.5, 0.6) is 0 Å². The second-order valence-corrected chi connectivity index (χ2v) is 13.4. The minimum Gasteiger partial charge on any atom is -0.393 e. The zero-order valence-corrected chi connectivity index (χ0v) is 23.6. The maximum atomic E-state index is 12.5. The Morgan fingerprint density at radius 3 is 2.56 bits per heavy atom. The molecule has 0 amide bonds. The molecular formula is C29H42F3NO5S. The molecule has 0 bridgehead atoms. The predicted molar refractivity (Wildman–Crippen MR) is 145 cm³/mol. The first kappa shape index (κ1) is 30.3. The molecule has 0 heterocycles. The Hall–Kier alpha value is -1.62. The van der Waals surface area contributed by atoms with Crippen molar-refractivity contribution < 1.29 is 36.4 Å². The SMILES string of the molecule is CC(=CCCCCCC[C@H](O)C(F)(F)F)C12CCc3cc(NS(=O)(=O)O)ccc3C1CC[C@@]1(C)C2CC[C@@H]1O. The van der Waals surface area contributed by atoms with Crippen LogP contribution in [-0.4, -0.2) is 41.6 Å². The van der Waals surface area contributed by atoms with E-state index >= 15 is 0 Å². The van der Waals surface area contributed by atoms with E-state index in [1.54, 1.807) is 6.07 Å². The van der Waals surface area contributed by atoms with Crippen LogP contribution in [0.15, 0.2) is 29.8 Å². The fourth-order valence-corrected chi connectivity index (χ4v) is 8.54. The van der Waals surface area contributed by atoms with E-state index < -0.39 is 22.6 Å². The molecule has 4 rings (SSSR count). The second-order valence-electron chi connectivity index (χ2n) is 12.2. The summed E-state index contributed by atoms with van der Waals surface area (Å²) in [5.74, 6) is 0.562. The van der Waals surface area contributed by atoms with Crippen molar-refractivity contribution in [3.8, 4) is 0 Å². The van der Waals surface area contributed by atoms with Gasteiger partial charge in [0.05, 0.1) is 11.8 Å². The Kier molecular flexibility index (Phi) is 8.82. The van der Waals surface area contributed by atoms with Crippen LogP contribution in [0.4, 0.5) is 18.9 Å². The average Bonchev–Trinajstić information content (AvgIpc) is 3.15. The summed E-state index contributed by atoms with van der Waals surface area (Å²) in [5.41, 5.74) is 3.68. The lowest BCUT2D eigenvalue weighted by atomic mass is 9.45. The number of aliphatic hydroxyl groups excluding tert-OH is 2. The number of fused-ring (bicyclic) bond motifs is 5. The molecule has 3 aliphatic carbocycles. The number of allylic oxidation sites excluding steroid dienone is 2. The van der Waals surface area contributed by atoms with E-state index in [2.05, 4.69) is 24.6 Å². The Morgan fingerprint density at radius 2 is 1.87 bits per heavy atom. The Labute approximate surface area is 230 Å². The molecule has 3 aliphatic rings. The van der Waals surface area contributed by atoms with E-state index in [1.807, 2.05) is 12.1 Å². The van der Waals surface area contributed by atoms with Gasteiger partial charge in [-0.05, 0) is 105 Å². The highest BCUT2D eigenvalue weighted by Gasteiger charge is 2.62. The monoisotopic (exact) mass is 573 g/mol. The molecule has 1 aromatic rings. The van der Waals surface area contributed by atoms with E-state index in [0.29, 0.717) is 24.4 Å². The number of nitrogens with one attached hydrogen (secondary N) is 1. The molecule has 2 saturated carbocycles. The van der Waals surface area contributed by atoms with Crippen molar-refractivity contribution in [1.29, 1.82) is 0 Å². The number of benzene rings is 1. The molecule has 3 unspecified atom stereocenters. The van der Waals surface area contributed by atoms with Gasteiger partial charge < -0.3 is 10.2 Å². The lowest BCUT2D eigenvalue weighted by molar-refractivity contribution is -0.205. The van der Waals surface area contributed by atoms with Gasteiger partial charge in [-0.3, -0.25) is 9.27 Å². The molecule has 1 aromatic carbocycles. The van der Waals surface area contributed by atoms with Gasteiger partial charge in [-0.25, -0.2) is 0 Å². The molecule has 10 heteroatoms. The molecule has 39 heavy (non-hydrogen) atoms. The fourth-order valence-electron chi connectivity index (χ4n) is 8.11. The predicted octanol–water partition coefficient (Wildman–Crippen LogP) is 6.70. The molecule has 0 saturated heterocycles. The van der Waals surface area contributed by atoms with Crippen LogP contribution in [-0.2, 0) is 16.7 Å². The lowest BCUT2D eigenvalue weighted by Crippen LogP contribution is -2.52. The van der Waals surface area contributed by atoms with Crippen LogP contribution in [0.2, 0.25) is 0 Å². The number of aryl methyl sites for hydroxylation is 1. The van der Waals surface area contributed by atoms with Gasteiger partial charge in [-0.15, -0.1) is 0 Å². The van der Waals surface area contributed by atoms with Crippen molar-refractivity contribution in [2.45, 2.75) is 115 Å². The van der Waals surface area contributed by atoms with Gasteiger partial charge >= 0.3 is 16.5 Å². The minimum absolute atomic E-state index is 0.119. The third kappa shape index (κ3) is 6.19. The van der Waals surface area contributed by atoms with Gasteiger partial charge in [-0.1, -0.05) is 43.9 Å². The Balaban J connectivity index is 1.51. The summed E-state index contributed by atoms with van der Waals surface area (Å²) >= 11 is 0. The summed E-state index contributed by atoms with van der Waals surface area (Å²) in [5, 5.41) is 20.2. The first-order valence-electron chi connectivity index (χ1n) is 14.2. The van der Waals surface area contributed by atoms with Gasteiger partial charge in [0.25, 0.3) is 0 Å². The number of unbranched alkanes of at least 4 members (excludes halogenated alkanes) is 4. The summed E-state index contributed by atoms with van der Waals surface area (Å²) in [6.07, 6.45) is 3.67. The normalized spacial score (nSPS) is 31.8. The van der Waals surface area contributed by atoms with Crippen molar-refractivity contribution in [3.05, 3.63) is 41.0 Å². The molecule has 0 aliphatic heterocycles. The first-order chi connectivity index (χ1) is 18.2. The standard InChI is InChI=1S/C29H42F3NO5S/c1-19(8-6-4-3-5-7-9-26(35)29(30,31)32)28-17-14-20-18-21(33-39(36,37)38)10-11-22(20)23(28)15-16-27(2)24(28)12-13-25(27)34/h8,10-11,18,23-26,33-35H,3-7,9,12-17H2,1-2H3,(H,36,37,38)/t23?,24?,25-,26-,27-,28?/m0/s1. The summed E-state index contributed by atoms with van der Waals surface area (Å²) in [6.45, 7) is 4.42. The van der Waals surface area contributed by atoms with Crippen molar-refractivity contribution >= 4 is 16.0 Å². The molecule has 0 aromatic heterocycles. The van der Waals surface area contributed by atoms with Crippen LogP contribution < -0.4 is 4.72 Å². The molecule has 4 N–H and O–H groups in total. The summed E-state index contributed by atoms with van der Waals surface area (Å²) in [4.78, 5) is 0. The highest BCUT2D eigenvalue weighted by molar-refractivity contribution is 7.87. The zero-order chi connectivity index (χ0) is 28.6.